The molecule has 1 saturated heterocycles. The maximum atomic E-state index is 13.0. The molecule has 30 heavy (non-hydrogen) atoms. The molecule has 4 rings (SSSR count). The lowest BCUT2D eigenvalue weighted by atomic mass is 9.91. The summed E-state index contributed by atoms with van der Waals surface area (Å²) in [5.41, 5.74) is 1.65. The monoisotopic (exact) mass is 406 g/mol. The molecule has 1 aromatic carbocycles. The van der Waals surface area contributed by atoms with Crippen LogP contribution in [0.3, 0.4) is 0 Å². The van der Waals surface area contributed by atoms with Gasteiger partial charge in [-0.05, 0) is 64.3 Å². The molecule has 2 atom stereocenters. The fourth-order valence-electron chi connectivity index (χ4n) is 4.58. The zero-order valence-electron chi connectivity index (χ0n) is 18.4. The van der Waals surface area contributed by atoms with Gasteiger partial charge in [0, 0.05) is 18.7 Å². The molecule has 3 heterocycles. The summed E-state index contributed by atoms with van der Waals surface area (Å²) < 4.78 is 1.62. The lowest BCUT2D eigenvalue weighted by molar-refractivity contribution is -0.123. The number of likely N-dealkylation sites (tertiary alicyclic amines) is 1. The molecule has 2 aliphatic heterocycles. The summed E-state index contributed by atoms with van der Waals surface area (Å²) in [4.78, 5) is 32.3. The van der Waals surface area contributed by atoms with E-state index in [4.69, 9.17) is 4.99 Å². The first-order valence-electron chi connectivity index (χ1n) is 10.6. The molecule has 0 radical (unpaired) electrons. The SMILES string of the molecule is Cn1c(-c2ccc(C3(C)N=C(C4CCCN4C(C)(C)C)NC3=O)cc2)cccc1=O. The smallest absolute Gasteiger partial charge is 0.257 e. The van der Waals surface area contributed by atoms with Crippen LogP contribution in [0, 0.1) is 0 Å². The number of hydrogen-bond acceptors (Lipinski definition) is 4. The normalized spacial score (nSPS) is 24.8. The predicted molar refractivity (Wildman–Crippen MR) is 120 cm³/mol. The van der Waals surface area contributed by atoms with Crippen LogP contribution >= 0.6 is 0 Å². The summed E-state index contributed by atoms with van der Waals surface area (Å²) in [6.45, 7) is 9.51. The fourth-order valence-corrected chi connectivity index (χ4v) is 4.58. The Morgan fingerprint density at radius 2 is 1.80 bits per heavy atom. The third kappa shape index (κ3) is 3.39. The molecule has 158 valence electrons. The van der Waals surface area contributed by atoms with E-state index >= 15 is 0 Å². The highest BCUT2D eigenvalue weighted by molar-refractivity contribution is 6.10. The molecule has 0 saturated carbocycles. The van der Waals surface area contributed by atoms with Gasteiger partial charge in [0.1, 0.15) is 5.84 Å². The van der Waals surface area contributed by atoms with Crippen LogP contribution in [0.25, 0.3) is 11.3 Å². The average Bonchev–Trinajstić information content (AvgIpc) is 3.30. The van der Waals surface area contributed by atoms with Crippen molar-refractivity contribution in [2.75, 3.05) is 6.54 Å². The minimum atomic E-state index is -0.942. The van der Waals surface area contributed by atoms with E-state index < -0.39 is 5.54 Å². The number of aromatic nitrogens is 1. The molecule has 0 bridgehead atoms. The second-order valence-corrected chi connectivity index (χ2v) is 9.43. The minimum absolute atomic E-state index is 0.0285. The van der Waals surface area contributed by atoms with Crippen LogP contribution < -0.4 is 10.9 Å². The van der Waals surface area contributed by atoms with Crippen molar-refractivity contribution in [2.24, 2.45) is 12.0 Å². The first-order chi connectivity index (χ1) is 14.1. The van der Waals surface area contributed by atoms with Crippen molar-refractivity contribution in [3.8, 4) is 11.3 Å². The summed E-state index contributed by atoms with van der Waals surface area (Å²) in [5, 5.41) is 3.07. The molecule has 2 aliphatic rings. The van der Waals surface area contributed by atoms with Crippen LogP contribution in [0.5, 0.6) is 0 Å². The number of nitrogens with one attached hydrogen (secondary N) is 1. The molecule has 1 aromatic heterocycles. The predicted octanol–water partition coefficient (Wildman–Crippen LogP) is 3.06. The summed E-state index contributed by atoms with van der Waals surface area (Å²) in [5.74, 6) is 0.697. The van der Waals surface area contributed by atoms with E-state index in [0.29, 0.717) is 0 Å². The second kappa shape index (κ2) is 7.20. The van der Waals surface area contributed by atoms with Crippen molar-refractivity contribution in [1.82, 2.24) is 14.8 Å². The van der Waals surface area contributed by atoms with Gasteiger partial charge in [0.05, 0.1) is 11.7 Å². The van der Waals surface area contributed by atoms with Gasteiger partial charge in [-0.25, -0.2) is 4.99 Å². The Balaban J connectivity index is 1.65. The molecule has 6 nitrogen and oxygen atoms in total. The maximum Gasteiger partial charge on any atom is 0.257 e. The fraction of sp³-hybridized carbons (Fsp3) is 0.458. The van der Waals surface area contributed by atoms with E-state index in [9.17, 15) is 9.59 Å². The van der Waals surface area contributed by atoms with Gasteiger partial charge in [-0.15, -0.1) is 0 Å². The van der Waals surface area contributed by atoms with Gasteiger partial charge in [-0.1, -0.05) is 30.3 Å². The number of carbonyl (C=O) groups is 1. The topological polar surface area (TPSA) is 66.7 Å². The van der Waals surface area contributed by atoms with E-state index in [1.165, 1.54) is 0 Å². The highest BCUT2D eigenvalue weighted by Crippen LogP contribution is 2.34. The number of benzene rings is 1. The number of amidine groups is 1. The van der Waals surface area contributed by atoms with Gasteiger partial charge < -0.3 is 9.88 Å². The first kappa shape index (κ1) is 20.5. The van der Waals surface area contributed by atoms with Gasteiger partial charge in [0.2, 0.25) is 0 Å². The van der Waals surface area contributed by atoms with Crippen LogP contribution in [0.4, 0.5) is 0 Å². The molecule has 2 unspecified atom stereocenters. The van der Waals surface area contributed by atoms with E-state index in [1.807, 2.05) is 37.3 Å². The summed E-state index contributed by atoms with van der Waals surface area (Å²) in [6.07, 6.45) is 2.12. The van der Waals surface area contributed by atoms with E-state index in [0.717, 1.165) is 42.0 Å². The van der Waals surface area contributed by atoms with Crippen molar-refractivity contribution in [3.05, 3.63) is 58.4 Å². The van der Waals surface area contributed by atoms with Gasteiger partial charge in [0.15, 0.2) is 5.54 Å². The lowest BCUT2D eigenvalue weighted by Crippen LogP contribution is -2.50. The Kier molecular flexibility index (Phi) is 4.93. The maximum absolute atomic E-state index is 13.0. The van der Waals surface area contributed by atoms with Gasteiger partial charge in [-0.2, -0.15) is 0 Å². The molecule has 1 fully saturated rings. The Hall–Kier alpha value is -2.73. The first-order valence-corrected chi connectivity index (χ1v) is 10.6. The van der Waals surface area contributed by atoms with Crippen molar-refractivity contribution >= 4 is 11.7 Å². The van der Waals surface area contributed by atoms with Gasteiger partial charge in [-0.3, -0.25) is 14.5 Å². The van der Waals surface area contributed by atoms with Crippen molar-refractivity contribution in [1.29, 1.82) is 0 Å². The highest BCUT2D eigenvalue weighted by Gasteiger charge is 2.45. The van der Waals surface area contributed by atoms with Crippen LogP contribution in [0.1, 0.15) is 46.1 Å². The molecular formula is C24H30N4O2. The van der Waals surface area contributed by atoms with Crippen molar-refractivity contribution in [2.45, 2.75) is 57.7 Å². The standard InChI is InChI=1S/C24H30N4O2/c1-23(2,3)28-15-7-9-19(28)21-25-22(30)24(4,26-21)17-13-11-16(12-14-17)18-8-6-10-20(29)27(18)5/h6,8,10-14,19H,7,9,15H2,1-5H3,(H,25,26,30). The van der Waals surface area contributed by atoms with E-state index in [1.54, 1.807) is 23.7 Å². The Labute approximate surface area is 177 Å². The van der Waals surface area contributed by atoms with E-state index in [2.05, 4.69) is 31.0 Å². The molecule has 1 N–H and O–H groups in total. The number of hydrogen-bond donors (Lipinski definition) is 1. The van der Waals surface area contributed by atoms with E-state index in [-0.39, 0.29) is 23.0 Å². The van der Waals surface area contributed by atoms with Crippen LogP contribution in [0.2, 0.25) is 0 Å². The van der Waals surface area contributed by atoms with Gasteiger partial charge in [0.25, 0.3) is 11.5 Å². The third-order valence-electron chi connectivity index (χ3n) is 6.39. The number of carbonyl (C=O) groups excluding carboxylic acids is 1. The largest absolute Gasteiger partial charge is 0.311 e. The van der Waals surface area contributed by atoms with Crippen molar-refractivity contribution < 1.29 is 4.79 Å². The summed E-state index contributed by atoms with van der Waals surface area (Å²) in [7, 11) is 1.76. The molecule has 1 amide bonds. The lowest BCUT2D eigenvalue weighted by Gasteiger charge is -2.36. The quantitative estimate of drug-likeness (QED) is 0.852. The van der Waals surface area contributed by atoms with Crippen molar-refractivity contribution in [3.63, 3.8) is 0 Å². The molecule has 0 aliphatic carbocycles. The number of rotatable bonds is 3. The number of aliphatic imine (C=N–C) groups is 1. The zero-order chi connectivity index (χ0) is 21.7. The minimum Gasteiger partial charge on any atom is -0.311 e. The molecule has 0 spiro atoms. The average molecular weight is 407 g/mol. The molecule has 2 aromatic rings. The summed E-state index contributed by atoms with van der Waals surface area (Å²) >= 11 is 0. The number of nitrogens with zero attached hydrogens (tertiary/aromatic N) is 3. The third-order valence-corrected chi connectivity index (χ3v) is 6.39. The number of pyridine rings is 1. The Morgan fingerprint density at radius 3 is 2.47 bits per heavy atom. The molecule has 6 heteroatoms. The van der Waals surface area contributed by atoms with Crippen LogP contribution in [0.15, 0.2) is 52.3 Å². The van der Waals surface area contributed by atoms with Crippen LogP contribution in [-0.4, -0.2) is 39.3 Å². The van der Waals surface area contributed by atoms with Crippen LogP contribution in [-0.2, 0) is 17.4 Å². The highest BCUT2D eigenvalue weighted by atomic mass is 16.2. The zero-order valence-corrected chi connectivity index (χ0v) is 18.4. The summed E-state index contributed by atoms with van der Waals surface area (Å²) in [6, 6.07) is 13.1. The second-order valence-electron chi connectivity index (χ2n) is 9.43. The molecular weight excluding hydrogens is 376 g/mol. The van der Waals surface area contributed by atoms with Gasteiger partial charge >= 0.3 is 0 Å². The number of amides is 1. The Bertz CT molecular complexity index is 1060. The Morgan fingerprint density at radius 1 is 1.10 bits per heavy atom.